The maximum atomic E-state index is 13.1. The third-order valence-corrected chi connectivity index (χ3v) is 13.6. The molecule has 9 nitrogen and oxygen atoms in total. The van der Waals surface area contributed by atoms with E-state index in [2.05, 4.69) is 153 Å². The highest BCUT2D eigenvalue weighted by molar-refractivity contribution is 5.76. The maximum Gasteiger partial charge on any atom is 0.220 e. The van der Waals surface area contributed by atoms with Gasteiger partial charge in [-0.2, -0.15) is 0 Å². The first-order chi connectivity index (χ1) is 38.3. The van der Waals surface area contributed by atoms with Gasteiger partial charge in [-0.1, -0.05) is 256 Å². The number of aliphatic hydroxyl groups excluding tert-OH is 5. The Kier molecular flexibility index (Phi) is 52.1. The van der Waals surface area contributed by atoms with Gasteiger partial charge in [0.2, 0.25) is 5.91 Å². The summed E-state index contributed by atoms with van der Waals surface area (Å²) in [5.41, 5.74) is 0. The standard InChI is InChI=1S/C69H113NO8/c1-3-5-7-9-11-13-15-17-19-21-23-25-26-27-28-29-30-31-32-33-34-35-36-37-38-39-41-43-45-47-49-51-53-55-57-59-65(73)70-62(61-77-69-68(76)67(75)66(74)64(60-71)78-69)63(72)58-56-54-52-50-48-46-44-42-40-24-22-20-18-16-14-12-10-8-6-4-2/h5,7,11,13,17,19,23,25,27-28,30-31,33-34,36-37,39,41,45,47-48,50,56,58,62-64,66-69,71-72,74-76H,3-4,6,8-10,12,14-16,18,20-22,24,26,29,32,35,38,40,42-44,46,49,51-55,57,59-61H2,1-2H3,(H,70,73)/b7-5-,13-11-,19-17-,25-23-,28-27-,31-30-,34-33-,37-36-,41-39-,47-45-,50-48+,58-56+. The minimum Gasteiger partial charge on any atom is -0.394 e. The summed E-state index contributed by atoms with van der Waals surface area (Å²) in [4.78, 5) is 13.1. The molecule has 6 N–H and O–H groups in total. The van der Waals surface area contributed by atoms with E-state index in [1.165, 1.54) is 89.9 Å². The summed E-state index contributed by atoms with van der Waals surface area (Å²) in [5.74, 6) is -0.217. The molecule has 0 spiro atoms. The van der Waals surface area contributed by atoms with Crippen LogP contribution in [0.15, 0.2) is 146 Å². The zero-order valence-corrected chi connectivity index (χ0v) is 49.1. The second-order valence-corrected chi connectivity index (χ2v) is 20.8. The van der Waals surface area contributed by atoms with E-state index < -0.39 is 49.5 Å². The molecule has 0 bridgehead atoms. The van der Waals surface area contributed by atoms with Gasteiger partial charge in [0.25, 0.3) is 0 Å². The summed E-state index contributed by atoms with van der Waals surface area (Å²) in [6.07, 6.45) is 80.6. The Labute approximate surface area is 476 Å². The Morgan fingerprint density at radius 2 is 0.808 bits per heavy atom. The summed E-state index contributed by atoms with van der Waals surface area (Å²) in [6, 6.07) is -0.848. The fourth-order valence-electron chi connectivity index (χ4n) is 8.79. The number of hydrogen-bond acceptors (Lipinski definition) is 8. The molecule has 9 heteroatoms. The van der Waals surface area contributed by atoms with Gasteiger partial charge in [-0.05, 0) is 109 Å². The van der Waals surface area contributed by atoms with Crippen LogP contribution >= 0.6 is 0 Å². The van der Waals surface area contributed by atoms with Crippen LogP contribution in [0.3, 0.4) is 0 Å². The first kappa shape index (κ1) is 72.1. The van der Waals surface area contributed by atoms with Crippen LogP contribution in [0.25, 0.3) is 0 Å². The highest BCUT2D eigenvalue weighted by Gasteiger charge is 2.44. The Morgan fingerprint density at radius 3 is 1.23 bits per heavy atom. The first-order valence-electron chi connectivity index (χ1n) is 31.1. The summed E-state index contributed by atoms with van der Waals surface area (Å²) < 4.78 is 11.3. The molecule has 442 valence electrons. The van der Waals surface area contributed by atoms with Gasteiger partial charge >= 0.3 is 0 Å². The number of allylic oxidation sites excluding steroid dienone is 23. The van der Waals surface area contributed by atoms with E-state index in [4.69, 9.17) is 9.47 Å². The average Bonchev–Trinajstić information content (AvgIpc) is 3.45. The number of carbonyl (C=O) groups is 1. The normalized spacial score (nSPS) is 19.7. The maximum absolute atomic E-state index is 13.1. The van der Waals surface area contributed by atoms with Crippen LogP contribution in [-0.4, -0.2) is 87.5 Å². The van der Waals surface area contributed by atoms with Crippen LogP contribution in [-0.2, 0) is 14.3 Å². The van der Waals surface area contributed by atoms with Crippen LogP contribution in [0.1, 0.15) is 226 Å². The molecule has 1 rings (SSSR count). The number of unbranched alkanes of at least 4 members (excludes halogenated alkanes) is 19. The lowest BCUT2D eigenvalue weighted by Gasteiger charge is -2.40. The van der Waals surface area contributed by atoms with Crippen LogP contribution in [0, 0.1) is 0 Å². The zero-order chi connectivity index (χ0) is 56.5. The fraction of sp³-hybridized carbons (Fsp3) is 0.638. The van der Waals surface area contributed by atoms with Crippen molar-refractivity contribution in [2.75, 3.05) is 13.2 Å². The fourth-order valence-corrected chi connectivity index (χ4v) is 8.79. The van der Waals surface area contributed by atoms with E-state index in [9.17, 15) is 30.3 Å². The Bertz CT molecular complexity index is 1730. The number of amides is 1. The summed E-state index contributed by atoms with van der Waals surface area (Å²) >= 11 is 0. The van der Waals surface area contributed by atoms with E-state index in [1.807, 2.05) is 6.08 Å². The summed E-state index contributed by atoms with van der Waals surface area (Å²) in [7, 11) is 0. The molecular weight excluding hydrogens is 971 g/mol. The van der Waals surface area contributed by atoms with Gasteiger partial charge in [-0.25, -0.2) is 0 Å². The number of carbonyl (C=O) groups excluding carboxylic acids is 1. The predicted octanol–water partition coefficient (Wildman–Crippen LogP) is 16.2. The van der Waals surface area contributed by atoms with E-state index in [1.54, 1.807) is 6.08 Å². The van der Waals surface area contributed by atoms with Crippen molar-refractivity contribution in [1.29, 1.82) is 0 Å². The molecule has 1 aliphatic rings. The van der Waals surface area contributed by atoms with Gasteiger partial charge in [0.15, 0.2) is 6.29 Å². The molecule has 0 aliphatic carbocycles. The van der Waals surface area contributed by atoms with E-state index >= 15 is 0 Å². The van der Waals surface area contributed by atoms with Crippen LogP contribution in [0.4, 0.5) is 0 Å². The third kappa shape index (κ3) is 44.9. The second kappa shape index (κ2) is 56.3. The Balaban J connectivity index is 2.26. The SMILES string of the molecule is CC/C=C\C/C=C\C/C=C\C/C=C\C/C=C\C/C=C\C/C=C\C/C=C\C/C=C\C/C=C\CCCCCCC(=O)NC(COC1OC(CO)C(O)C(O)C1O)C(O)/C=C/CC/C=C/CCCCCCCCCCCCCCCC. The smallest absolute Gasteiger partial charge is 0.220 e. The van der Waals surface area contributed by atoms with Crippen LogP contribution in [0.2, 0.25) is 0 Å². The van der Waals surface area contributed by atoms with Crippen molar-refractivity contribution in [1.82, 2.24) is 5.32 Å². The van der Waals surface area contributed by atoms with E-state index in [-0.39, 0.29) is 12.5 Å². The zero-order valence-electron chi connectivity index (χ0n) is 49.1. The molecule has 0 aromatic heterocycles. The average molecular weight is 1080 g/mol. The van der Waals surface area contributed by atoms with Crippen LogP contribution < -0.4 is 5.32 Å². The molecule has 0 radical (unpaired) electrons. The number of aliphatic hydroxyl groups is 5. The molecule has 7 atom stereocenters. The van der Waals surface area contributed by atoms with Gasteiger partial charge in [0.05, 0.1) is 25.4 Å². The number of hydrogen-bond donors (Lipinski definition) is 6. The van der Waals surface area contributed by atoms with Crippen LogP contribution in [0.5, 0.6) is 0 Å². The molecule has 1 fully saturated rings. The lowest BCUT2D eigenvalue weighted by molar-refractivity contribution is -0.302. The van der Waals surface area contributed by atoms with Gasteiger partial charge in [0.1, 0.15) is 24.4 Å². The second-order valence-electron chi connectivity index (χ2n) is 20.8. The van der Waals surface area contributed by atoms with E-state index in [0.29, 0.717) is 12.8 Å². The van der Waals surface area contributed by atoms with Crippen molar-refractivity contribution >= 4 is 5.91 Å². The van der Waals surface area contributed by atoms with Crippen molar-refractivity contribution in [2.24, 2.45) is 0 Å². The van der Waals surface area contributed by atoms with Crippen molar-refractivity contribution < 1.29 is 39.8 Å². The molecule has 0 saturated carbocycles. The van der Waals surface area contributed by atoms with E-state index in [0.717, 1.165) is 109 Å². The monoisotopic (exact) mass is 1080 g/mol. The van der Waals surface area contributed by atoms with Gasteiger partial charge < -0.3 is 40.3 Å². The topological polar surface area (TPSA) is 149 Å². The lowest BCUT2D eigenvalue weighted by Crippen LogP contribution is -2.60. The number of rotatable bonds is 51. The van der Waals surface area contributed by atoms with Crippen molar-refractivity contribution in [3.63, 3.8) is 0 Å². The quantitative estimate of drug-likeness (QED) is 0.0261. The predicted molar refractivity (Wildman–Crippen MR) is 331 cm³/mol. The molecular formula is C69H113NO8. The molecule has 1 saturated heterocycles. The van der Waals surface area contributed by atoms with Crippen molar-refractivity contribution in [3.05, 3.63) is 146 Å². The largest absolute Gasteiger partial charge is 0.394 e. The third-order valence-electron chi connectivity index (χ3n) is 13.6. The highest BCUT2D eigenvalue weighted by Crippen LogP contribution is 2.23. The van der Waals surface area contributed by atoms with Gasteiger partial charge in [0, 0.05) is 6.42 Å². The van der Waals surface area contributed by atoms with Gasteiger partial charge in [-0.3, -0.25) is 4.79 Å². The molecule has 1 aliphatic heterocycles. The highest BCUT2D eigenvalue weighted by atomic mass is 16.7. The lowest BCUT2D eigenvalue weighted by atomic mass is 9.99. The minimum atomic E-state index is -1.59. The minimum absolute atomic E-state index is 0.217. The molecule has 7 unspecified atom stereocenters. The molecule has 0 aromatic carbocycles. The number of nitrogens with one attached hydrogen (secondary N) is 1. The molecule has 78 heavy (non-hydrogen) atoms. The van der Waals surface area contributed by atoms with Crippen molar-refractivity contribution in [2.45, 2.75) is 269 Å². The van der Waals surface area contributed by atoms with Crippen molar-refractivity contribution in [3.8, 4) is 0 Å². The Morgan fingerprint density at radius 1 is 0.449 bits per heavy atom. The van der Waals surface area contributed by atoms with Gasteiger partial charge in [-0.15, -0.1) is 0 Å². The summed E-state index contributed by atoms with van der Waals surface area (Å²) in [5, 5.41) is 54.5. The molecule has 0 aromatic rings. The molecule has 1 heterocycles. The Hall–Kier alpha value is -3.93. The summed E-state index contributed by atoms with van der Waals surface area (Å²) in [6.45, 7) is 3.63. The first-order valence-corrected chi connectivity index (χ1v) is 31.1. The number of ether oxygens (including phenoxy) is 2. The molecule has 1 amide bonds.